The second-order valence-corrected chi connectivity index (χ2v) is 6.05. The predicted molar refractivity (Wildman–Crippen MR) is 93.3 cm³/mol. The summed E-state index contributed by atoms with van der Waals surface area (Å²) in [6, 6.07) is 13.3. The van der Waals surface area contributed by atoms with Crippen LogP contribution in [0.25, 0.3) is 0 Å². The summed E-state index contributed by atoms with van der Waals surface area (Å²) in [5, 5.41) is 2.97. The number of morpholine rings is 1. The van der Waals surface area contributed by atoms with Crippen LogP contribution in [0.15, 0.2) is 46.9 Å². The molecular weight excluding hydrogens is 320 g/mol. The number of rotatable bonds is 5. The van der Waals surface area contributed by atoms with Gasteiger partial charge in [-0.15, -0.1) is 0 Å². The Balaban J connectivity index is 1.64. The van der Waals surface area contributed by atoms with Crippen LogP contribution in [0.5, 0.6) is 0 Å². The average Bonchev–Trinajstić information content (AvgIpc) is 3.09. The quantitative estimate of drug-likeness (QED) is 0.905. The highest BCUT2D eigenvalue weighted by Gasteiger charge is 2.31. The summed E-state index contributed by atoms with van der Waals surface area (Å²) in [6.07, 6.45) is -0.185. The van der Waals surface area contributed by atoms with Crippen LogP contribution in [0.1, 0.15) is 29.2 Å². The van der Waals surface area contributed by atoms with Gasteiger partial charge < -0.3 is 24.1 Å². The van der Waals surface area contributed by atoms with Crippen molar-refractivity contribution >= 4 is 6.03 Å². The number of carbonyl (C=O) groups excluding carboxylic acids is 1. The molecule has 2 atom stereocenters. The van der Waals surface area contributed by atoms with E-state index in [1.807, 2.05) is 49.4 Å². The third-order valence-corrected chi connectivity index (χ3v) is 4.37. The van der Waals surface area contributed by atoms with Gasteiger partial charge in [-0.05, 0) is 24.6 Å². The number of hydrogen-bond donors (Lipinski definition) is 1. The number of urea groups is 1. The van der Waals surface area contributed by atoms with Crippen molar-refractivity contribution in [1.29, 1.82) is 0 Å². The number of benzene rings is 1. The van der Waals surface area contributed by atoms with Gasteiger partial charge in [0.25, 0.3) is 0 Å². The zero-order valence-corrected chi connectivity index (χ0v) is 14.6. The van der Waals surface area contributed by atoms with E-state index in [0.29, 0.717) is 26.3 Å². The van der Waals surface area contributed by atoms with Gasteiger partial charge in [0.2, 0.25) is 0 Å². The Kier molecular flexibility index (Phi) is 5.73. The number of methoxy groups -OCH3 is 1. The van der Waals surface area contributed by atoms with Crippen LogP contribution >= 0.6 is 0 Å². The van der Waals surface area contributed by atoms with E-state index < -0.39 is 0 Å². The number of nitrogens with zero attached hydrogens (tertiary/aromatic N) is 1. The first-order valence-corrected chi connectivity index (χ1v) is 8.45. The zero-order valence-electron chi connectivity index (χ0n) is 14.6. The van der Waals surface area contributed by atoms with Crippen molar-refractivity contribution in [2.24, 2.45) is 0 Å². The van der Waals surface area contributed by atoms with E-state index in [1.165, 1.54) is 0 Å². The van der Waals surface area contributed by atoms with E-state index in [-0.39, 0.29) is 18.2 Å². The molecule has 134 valence electrons. The van der Waals surface area contributed by atoms with Gasteiger partial charge in [-0.25, -0.2) is 4.79 Å². The number of ether oxygens (including phenoxy) is 2. The number of aryl methyl sites for hydroxylation is 1. The van der Waals surface area contributed by atoms with Crippen molar-refractivity contribution in [2.45, 2.75) is 19.1 Å². The molecular formula is C19H24N2O4. The standard InChI is InChI=1S/C19H24N2O4/c1-14-8-9-17(25-14)16-13-24-11-10-21(16)19(22)20-12-18(23-2)15-6-4-3-5-7-15/h3-9,16,18H,10-13H2,1-2H3,(H,20,22)/t16-,18+/m0/s1. The Morgan fingerprint density at radius 2 is 2.12 bits per heavy atom. The molecule has 1 saturated heterocycles. The Morgan fingerprint density at radius 1 is 1.32 bits per heavy atom. The van der Waals surface area contributed by atoms with E-state index in [0.717, 1.165) is 17.1 Å². The number of hydrogen-bond acceptors (Lipinski definition) is 4. The monoisotopic (exact) mass is 344 g/mol. The maximum Gasteiger partial charge on any atom is 0.318 e. The molecule has 0 saturated carbocycles. The van der Waals surface area contributed by atoms with E-state index in [1.54, 1.807) is 12.0 Å². The van der Waals surface area contributed by atoms with Crippen LogP contribution in [0.2, 0.25) is 0 Å². The van der Waals surface area contributed by atoms with Crippen LogP contribution in [0.3, 0.4) is 0 Å². The molecule has 6 heteroatoms. The maximum absolute atomic E-state index is 12.7. The molecule has 2 aromatic rings. The topological polar surface area (TPSA) is 63.9 Å². The lowest BCUT2D eigenvalue weighted by molar-refractivity contribution is 0.00303. The molecule has 0 spiro atoms. The molecule has 25 heavy (non-hydrogen) atoms. The molecule has 1 aromatic carbocycles. The second kappa shape index (κ2) is 8.18. The van der Waals surface area contributed by atoms with Crippen molar-refractivity contribution in [1.82, 2.24) is 10.2 Å². The minimum Gasteiger partial charge on any atom is -0.464 e. The third-order valence-electron chi connectivity index (χ3n) is 4.37. The molecule has 0 bridgehead atoms. The minimum atomic E-state index is -0.208. The number of carbonyl (C=O) groups is 1. The van der Waals surface area contributed by atoms with E-state index in [9.17, 15) is 4.79 Å². The Hall–Kier alpha value is -2.31. The van der Waals surface area contributed by atoms with Crippen LogP contribution in [0.4, 0.5) is 4.79 Å². The number of nitrogens with one attached hydrogen (secondary N) is 1. The molecule has 3 rings (SSSR count). The van der Waals surface area contributed by atoms with E-state index >= 15 is 0 Å². The minimum absolute atomic E-state index is 0.139. The average molecular weight is 344 g/mol. The summed E-state index contributed by atoms with van der Waals surface area (Å²) in [5.41, 5.74) is 1.03. The van der Waals surface area contributed by atoms with Crippen molar-refractivity contribution in [3.8, 4) is 0 Å². The van der Waals surface area contributed by atoms with Gasteiger partial charge in [-0.2, -0.15) is 0 Å². The molecule has 1 N–H and O–H groups in total. The number of furan rings is 1. The fourth-order valence-electron chi connectivity index (χ4n) is 3.00. The van der Waals surface area contributed by atoms with Crippen LogP contribution in [-0.4, -0.2) is 44.3 Å². The first-order valence-electron chi connectivity index (χ1n) is 8.45. The zero-order chi connectivity index (χ0) is 17.6. The van der Waals surface area contributed by atoms with Gasteiger partial charge >= 0.3 is 6.03 Å². The Bertz CT molecular complexity index is 686. The molecule has 0 aliphatic carbocycles. The molecule has 6 nitrogen and oxygen atoms in total. The lowest BCUT2D eigenvalue weighted by atomic mass is 10.1. The first kappa shape index (κ1) is 17.5. The predicted octanol–water partition coefficient (Wildman–Crippen LogP) is 3.06. The Morgan fingerprint density at radius 3 is 2.80 bits per heavy atom. The SMILES string of the molecule is CO[C@H](CNC(=O)N1CCOC[C@H]1c1ccc(C)o1)c1ccccc1. The normalized spacial score (nSPS) is 18.8. The van der Waals surface area contributed by atoms with Crippen LogP contribution < -0.4 is 5.32 Å². The smallest absolute Gasteiger partial charge is 0.318 e. The molecule has 0 unspecified atom stereocenters. The molecule has 1 aliphatic heterocycles. The second-order valence-electron chi connectivity index (χ2n) is 6.05. The van der Waals surface area contributed by atoms with Gasteiger partial charge in [0.1, 0.15) is 17.6 Å². The van der Waals surface area contributed by atoms with Gasteiger partial charge in [-0.1, -0.05) is 30.3 Å². The van der Waals surface area contributed by atoms with Crippen molar-refractivity contribution in [3.05, 3.63) is 59.5 Å². The van der Waals surface area contributed by atoms with Crippen molar-refractivity contribution in [3.63, 3.8) is 0 Å². The van der Waals surface area contributed by atoms with Crippen LogP contribution in [-0.2, 0) is 9.47 Å². The summed E-state index contributed by atoms with van der Waals surface area (Å²) in [4.78, 5) is 14.5. The largest absolute Gasteiger partial charge is 0.464 e. The lowest BCUT2D eigenvalue weighted by Gasteiger charge is -2.34. The van der Waals surface area contributed by atoms with Gasteiger partial charge in [-0.3, -0.25) is 0 Å². The summed E-state index contributed by atoms with van der Waals surface area (Å²) < 4.78 is 16.7. The highest BCUT2D eigenvalue weighted by molar-refractivity contribution is 5.74. The fraction of sp³-hybridized carbons (Fsp3) is 0.421. The summed E-state index contributed by atoms with van der Waals surface area (Å²) >= 11 is 0. The van der Waals surface area contributed by atoms with E-state index in [4.69, 9.17) is 13.9 Å². The van der Waals surface area contributed by atoms with Gasteiger partial charge in [0, 0.05) is 20.2 Å². The highest BCUT2D eigenvalue weighted by Crippen LogP contribution is 2.26. The molecule has 2 heterocycles. The van der Waals surface area contributed by atoms with Gasteiger partial charge in [0.15, 0.2) is 0 Å². The number of amides is 2. The molecule has 1 fully saturated rings. The van der Waals surface area contributed by atoms with Crippen LogP contribution in [0, 0.1) is 6.92 Å². The fourth-order valence-corrected chi connectivity index (χ4v) is 3.00. The summed E-state index contributed by atoms with van der Waals surface area (Å²) in [6.45, 7) is 3.78. The summed E-state index contributed by atoms with van der Waals surface area (Å²) in [5.74, 6) is 1.57. The first-order chi connectivity index (χ1) is 12.2. The maximum atomic E-state index is 12.7. The summed E-state index contributed by atoms with van der Waals surface area (Å²) in [7, 11) is 1.65. The van der Waals surface area contributed by atoms with Crippen molar-refractivity contribution < 1.29 is 18.7 Å². The highest BCUT2D eigenvalue weighted by atomic mass is 16.5. The van der Waals surface area contributed by atoms with Crippen molar-refractivity contribution in [2.75, 3.05) is 33.4 Å². The molecule has 0 radical (unpaired) electrons. The molecule has 1 aliphatic rings. The lowest BCUT2D eigenvalue weighted by Crippen LogP contribution is -2.48. The van der Waals surface area contributed by atoms with E-state index in [2.05, 4.69) is 5.32 Å². The Labute approximate surface area is 147 Å². The van der Waals surface area contributed by atoms with Gasteiger partial charge in [0.05, 0.1) is 19.3 Å². The molecule has 2 amide bonds. The third kappa shape index (κ3) is 4.21. The molecule has 1 aromatic heterocycles.